The molecule has 0 aliphatic carbocycles. The van der Waals surface area contributed by atoms with Gasteiger partial charge in [0.05, 0.1) is 23.6 Å². The largest absolute Gasteiger partial charge is 0.497 e. The predicted octanol–water partition coefficient (Wildman–Crippen LogP) is 6.32. The van der Waals surface area contributed by atoms with Gasteiger partial charge in [-0.05, 0) is 105 Å². The summed E-state index contributed by atoms with van der Waals surface area (Å²) in [7, 11) is 1.61. The molecule has 1 aliphatic heterocycles. The second-order valence-corrected chi connectivity index (χ2v) is 11.3. The van der Waals surface area contributed by atoms with E-state index >= 15 is 0 Å². The molecule has 9 heteroatoms. The van der Waals surface area contributed by atoms with Crippen molar-refractivity contribution in [2.24, 2.45) is 11.8 Å². The standard InChI is InChI=1S/C30H36F2N2O4S/c1-38-22-8-9-27-24(18-22)23(12-14-33-27)28(35)10-6-20-13-16-34(19-21(20)7-11-29(36)37)15-3-17-39-30-25(31)4-2-5-26(30)32/h2,4-5,8-9,12,14,18,20-21,28,35H,3,6-7,10-11,13,15-17,19H2,1H3,(H,36,37)/t20?,21?,28-/m0/s1. The van der Waals surface area contributed by atoms with E-state index in [1.165, 1.54) is 30.0 Å². The first-order valence-corrected chi connectivity index (χ1v) is 14.5. The summed E-state index contributed by atoms with van der Waals surface area (Å²) < 4.78 is 33.1. The Morgan fingerprint density at radius 2 is 1.97 bits per heavy atom. The van der Waals surface area contributed by atoms with Crippen molar-refractivity contribution in [2.45, 2.75) is 49.5 Å². The highest BCUT2D eigenvalue weighted by Gasteiger charge is 2.30. The van der Waals surface area contributed by atoms with E-state index in [-0.39, 0.29) is 17.2 Å². The summed E-state index contributed by atoms with van der Waals surface area (Å²) in [6.45, 7) is 2.48. The number of carbonyl (C=O) groups is 1. The van der Waals surface area contributed by atoms with Crippen LogP contribution in [0.1, 0.15) is 50.2 Å². The Morgan fingerprint density at radius 3 is 2.72 bits per heavy atom. The number of nitrogens with zero attached hydrogens (tertiary/aromatic N) is 2. The number of thioether (sulfide) groups is 1. The molecular weight excluding hydrogens is 522 g/mol. The third-order valence-corrected chi connectivity index (χ3v) is 8.81. The van der Waals surface area contributed by atoms with Crippen LogP contribution in [0.15, 0.2) is 53.6 Å². The van der Waals surface area contributed by atoms with Gasteiger partial charge in [-0.1, -0.05) is 6.07 Å². The molecule has 2 aromatic carbocycles. The molecule has 2 heterocycles. The number of methoxy groups -OCH3 is 1. The lowest BCUT2D eigenvalue weighted by Crippen LogP contribution is -2.41. The number of carboxylic acids is 1. The van der Waals surface area contributed by atoms with Crippen LogP contribution in [-0.2, 0) is 4.79 Å². The van der Waals surface area contributed by atoms with Crippen molar-refractivity contribution >= 4 is 28.6 Å². The molecule has 4 rings (SSSR count). The minimum atomic E-state index is -0.800. The number of halogens is 2. The first-order valence-electron chi connectivity index (χ1n) is 13.5. The smallest absolute Gasteiger partial charge is 0.303 e. The number of pyridine rings is 1. The lowest BCUT2D eigenvalue weighted by molar-refractivity contribution is -0.137. The van der Waals surface area contributed by atoms with Crippen molar-refractivity contribution in [3.8, 4) is 5.75 Å². The van der Waals surface area contributed by atoms with Gasteiger partial charge in [-0.3, -0.25) is 9.78 Å². The summed E-state index contributed by atoms with van der Waals surface area (Å²) in [6, 6.07) is 11.4. The van der Waals surface area contributed by atoms with Crippen molar-refractivity contribution in [1.82, 2.24) is 9.88 Å². The molecule has 0 spiro atoms. The third-order valence-electron chi connectivity index (χ3n) is 7.64. The Balaban J connectivity index is 1.32. The van der Waals surface area contributed by atoms with Crippen LogP contribution in [0.3, 0.4) is 0 Å². The normalized spacial score (nSPS) is 18.8. The number of hydrogen-bond donors (Lipinski definition) is 2. The van der Waals surface area contributed by atoms with E-state index in [0.29, 0.717) is 30.3 Å². The van der Waals surface area contributed by atoms with E-state index in [1.807, 2.05) is 24.3 Å². The molecule has 1 aromatic heterocycles. The summed E-state index contributed by atoms with van der Waals surface area (Å²) in [5.74, 6) is -0.0120. The SMILES string of the molecule is COc1ccc2nccc([C@@H](O)CCC3CCN(CCCSc4c(F)cccc4F)CC3CCC(=O)O)c2c1. The fraction of sp³-hybridized carbons (Fsp3) is 0.467. The minimum absolute atomic E-state index is 0.0644. The number of carboxylic acid groups (broad SMARTS) is 1. The zero-order valence-electron chi connectivity index (χ0n) is 22.2. The molecule has 3 atom stereocenters. The molecule has 0 bridgehead atoms. The lowest BCUT2D eigenvalue weighted by atomic mass is 9.79. The highest BCUT2D eigenvalue weighted by atomic mass is 32.2. The second-order valence-electron chi connectivity index (χ2n) is 10.2. The first-order chi connectivity index (χ1) is 18.9. The molecule has 0 amide bonds. The molecular formula is C30H36F2N2O4S. The summed E-state index contributed by atoms with van der Waals surface area (Å²) in [5.41, 5.74) is 1.62. The van der Waals surface area contributed by atoms with Crippen molar-refractivity contribution in [2.75, 3.05) is 32.5 Å². The van der Waals surface area contributed by atoms with Crippen LogP contribution < -0.4 is 4.74 Å². The van der Waals surface area contributed by atoms with Gasteiger partial charge >= 0.3 is 5.97 Å². The van der Waals surface area contributed by atoms with Crippen molar-refractivity contribution in [3.05, 3.63) is 65.9 Å². The number of benzene rings is 2. The van der Waals surface area contributed by atoms with Crippen LogP contribution in [0.25, 0.3) is 10.9 Å². The molecule has 39 heavy (non-hydrogen) atoms. The maximum Gasteiger partial charge on any atom is 0.303 e. The molecule has 210 valence electrons. The van der Waals surface area contributed by atoms with Crippen LogP contribution in [-0.4, -0.2) is 58.6 Å². The van der Waals surface area contributed by atoms with Gasteiger partial charge in [0.2, 0.25) is 0 Å². The number of aliphatic hydroxyl groups excluding tert-OH is 1. The lowest BCUT2D eigenvalue weighted by Gasteiger charge is -2.39. The number of aliphatic carboxylic acids is 1. The van der Waals surface area contributed by atoms with Crippen molar-refractivity contribution < 1.29 is 28.5 Å². The molecule has 1 aliphatic rings. The van der Waals surface area contributed by atoms with Gasteiger partial charge in [0.25, 0.3) is 0 Å². The van der Waals surface area contributed by atoms with Gasteiger partial charge in [-0.2, -0.15) is 0 Å². The molecule has 3 aromatic rings. The Labute approximate surface area is 232 Å². The number of likely N-dealkylation sites (tertiary alicyclic amines) is 1. The van der Waals surface area contributed by atoms with Gasteiger partial charge in [0.15, 0.2) is 0 Å². The fourth-order valence-electron chi connectivity index (χ4n) is 5.55. The summed E-state index contributed by atoms with van der Waals surface area (Å²) >= 11 is 1.20. The van der Waals surface area contributed by atoms with E-state index in [4.69, 9.17) is 4.74 Å². The number of hydrogen-bond acceptors (Lipinski definition) is 6. The van der Waals surface area contributed by atoms with Gasteiger partial charge in [-0.25, -0.2) is 8.78 Å². The molecule has 1 fully saturated rings. The number of ether oxygens (including phenoxy) is 1. The number of aromatic nitrogens is 1. The van der Waals surface area contributed by atoms with E-state index in [0.717, 1.165) is 55.4 Å². The zero-order chi connectivity index (χ0) is 27.8. The molecule has 2 N–H and O–H groups in total. The summed E-state index contributed by atoms with van der Waals surface area (Å²) in [4.78, 5) is 18.1. The van der Waals surface area contributed by atoms with E-state index < -0.39 is 23.7 Å². The predicted molar refractivity (Wildman–Crippen MR) is 149 cm³/mol. The van der Waals surface area contributed by atoms with Crippen LogP contribution >= 0.6 is 11.8 Å². The van der Waals surface area contributed by atoms with Crippen LogP contribution in [0.4, 0.5) is 8.78 Å². The molecule has 1 saturated heterocycles. The maximum absolute atomic E-state index is 13.9. The van der Waals surface area contributed by atoms with Crippen molar-refractivity contribution in [3.63, 3.8) is 0 Å². The van der Waals surface area contributed by atoms with Crippen molar-refractivity contribution in [1.29, 1.82) is 0 Å². The fourth-order valence-corrected chi connectivity index (χ4v) is 6.44. The average Bonchev–Trinajstić information content (AvgIpc) is 2.93. The number of piperidine rings is 1. The minimum Gasteiger partial charge on any atom is -0.497 e. The van der Waals surface area contributed by atoms with Crippen LogP contribution in [0.2, 0.25) is 0 Å². The number of fused-ring (bicyclic) bond motifs is 1. The number of aliphatic hydroxyl groups is 1. The van der Waals surface area contributed by atoms with E-state index in [1.54, 1.807) is 13.3 Å². The average molecular weight is 559 g/mol. The monoisotopic (exact) mass is 558 g/mol. The van der Waals surface area contributed by atoms with E-state index in [9.17, 15) is 23.8 Å². The Bertz CT molecular complexity index is 1240. The molecule has 6 nitrogen and oxygen atoms in total. The highest BCUT2D eigenvalue weighted by Crippen LogP contribution is 2.35. The second kappa shape index (κ2) is 14.1. The Kier molecular flexibility index (Phi) is 10.5. The van der Waals surface area contributed by atoms with Crippen LogP contribution in [0.5, 0.6) is 5.75 Å². The summed E-state index contributed by atoms with van der Waals surface area (Å²) in [6.07, 6.45) is 4.86. The van der Waals surface area contributed by atoms with Gasteiger partial charge in [0.1, 0.15) is 17.4 Å². The first kappa shape index (κ1) is 29.2. The quantitative estimate of drug-likeness (QED) is 0.188. The zero-order valence-corrected chi connectivity index (χ0v) is 23.0. The van der Waals surface area contributed by atoms with Gasteiger partial charge in [-0.15, -0.1) is 11.8 Å². The molecule has 0 radical (unpaired) electrons. The van der Waals surface area contributed by atoms with Gasteiger partial charge in [0, 0.05) is 24.5 Å². The Hall–Kier alpha value is -2.75. The van der Waals surface area contributed by atoms with Crippen LogP contribution in [0, 0.1) is 23.5 Å². The summed E-state index contributed by atoms with van der Waals surface area (Å²) in [5, 5.41) is 21.3. The Morgan fingerprint density at radius 1 is 1.18 bits per heavy atom. The highest BCUT2D eigenvalue weighted by molar-refractivity contribution is 7.99. The third kappa shape index (κ3) is 7.90. The van der Waals surface area contributed by atoms with E-state index in [2.05, 4.69) is 9.88 Å². The van der Waals surface area contributed by atoms with Gasteiger partial charge < -0.3 is 19.8 Å². The maximum atomic E-state index is 13.9. The topological polar surface area (TPSA) is 82.9 Å². The molecule has 0 saturated carbocycles. The number of rotatable bonds is 13. The molecule has 2 unspecified atom stereocenters.